The molecule has 7 rings (SSSR count). The van der Waals surface area contributed by atoms with Crippen LogP contribution in [0.3, 0.4) is 0 Å². The van der Waals surface area contributed by atoms with E-state index in [1.54, 1.807) is 0 Å². The van der Waals surface area contributed by atoms with E-state index >= 15 is 0 Å². The molecule has 0 bridgehead atoms. The van der Waals surface area contributed by atoms with E-state index in [0.717, 1.165) is 12.8 Å². The average Bonchev–Trinajstić information content (AvgIpc) is 3.37. The first kappa shape index (κ1) is 27.2. The first-order valence-electron chi connectivity index (χ1n) is 15.4. The van der Waals surface area contributed by atoms with Crippen LogP contribution in [0.5, 0.6) is 0 Å². The van der Waals surface area contributed by atoms with Gasteiger partial charge in [-0.2, -0.15) is 0 Å². The fraction of sp³-hybridized carbons (Fsp3) is 0.190. The van der Waals surface area contributed by atoms with Crippen LogP contribution in [0.15, 0.2) is 151 Å². The van der Waals surface area contributed by atoms with Crippen LogP contribution in [0.25, 0.3) is 16.3 Å². The van der Waals surface area contributed by atoms with Gasteiger partial charge in [0.05, 0.1) is 0 Å². The van der Waals surface area contributed by atoms with Gasteiger partial charge >= 0.3 is 0 Å². The maximum Gasteiger partial charge on any atom is 0.0448 e. The van der Waals surface area contributed by atoms with Crippen molar-refractivity contribution >= 4 is 22.0 Å². The Morgan fingerprint density at radius 2 is 1.23 bits per heavy atom. The van der Waals surface area contributed by atoms with Crippen LogP contribution in [-0.2, 0) is 23.7 Å². The number of anilines is 1. The predicted molar refractivity (Wildman–Crippen MR) is 184 cm³/mol. The second kappa shape index (κ2) is 10.6. The number of rotatable bonds is 6. The van der Waals surface area contributed by atoms with Gasteiger partial charge in [0.1, 0.15) is 0 Å². The number of hydrogen-bond donors (Lipinski definition) is 0. The molecule has 5 aromatic rings. The molecule has 0 amide bonds. The fourth-order valence-electron chi connectivity index (χ4n) is 7.92. The molecule has 0 fully saturated rings. The van der Waals surface area contributed by atoms with Crippen LogP contribution in [0.1, 0.15) is 48.6 Å². The Hall–Kier alpha value is -4.62. The zero-order valence-corrected chi connectivity index (χ0v) is 25.6. The monoisotopic (exact) mass is 557 g/mol. The van der Waals surface area contributed by atoms with Gasteiger partial charge in [-0.15, -0.1) is 0 Å². The van der Waals surface area contributed by atoms with Crippen molar-refractivity contribution < 1.29 is 0 Å². The summed E-state index contributed by atoms with van der Waals surface area (Å²) in [6, 6.07) is 44.3. The third-order valence-corrected chi connectivity index (χ3v) is 10.0. The summed E-state index contributed by atoms with van der Waals surface area (Å²) in [5, 5.41) is 2.65. The van der Waals surface area contributed by atoms with E-state index < -0.39 is 0 Å². The normalized spacial score (nSPS) is 22.1. The molecular formula is C42H39N. The van der Waals surface area contributed by atoms with Gasteiger partial charge in [0.2, 0.25) is 0 Å². The van der Waals surface area contributed by atoms with Crippen molar-refractivity contribution in [2.45, 2.75) is 44.4 Å². The van der Waals surface area contributed by atoms with E-state index in [1.165, 1.54) is 61.1 Å². The van der Waals surface area contributed by atoms with Gasteiger partial charge in [-0.25, -0.2) is 0 Å². The molecule has 1 aliphatic heterocycles. The Kier molecular flexibility index (Phi) is 6.70. The molecule has 2 aliphatic rings. The molecule has 0 saturated heterocycles. The Morgan fingerprint density at radius 3 is 1.95 bits per heavy atom. The van der Waals surface area contributed by atoms with E-state index in [9.17, 15) is 0 Å². The summed E-state index contributed by atoms with van der Waals surface area (Å²) in [5.74, 6) is 0. The molecule has 2 atom stereocenters. The van der Waals surface area contributed by atoms with Gasteiger partial charge < -0.3 is 4.90 Å². The van der Waals surface area contributed by atoms with Crippen molar-refractivity contribution in [1.29, 1.82) is 0 Å². The lowest BCUT2D eigenvalue weighted by molar-refractivity contribution is 0.567. The number of benzene rings is 5. The highest BCUT2D eigenvalue weighted by Gasteiger charge is 2.42. The highest BCUT2D eigenvalue weighted by atomic mass is 15.2. The SMILES string of the molecule is CC1=C(/C=C/C=C2/N(C)c3ccccc3C2(C)Cc2ccccc2)C(C)(Cc2ccccc2)c2ccc3ccccc3c21. The van der Waals surface area contributed by atoms with Crippen molar-refractivity contribution in [3.05, 3.63) is 179 Å². The molecular weight excluding hydrogens is 518 g/mol. The molecule has 212 valence electrons. The van der Waals surface area contributed by atoms with Gasteiger partial charge in [-0.1, -0.05) is 134 Å². The van der Waals surface area contributed by atoms with Crippen molar-refractivity contribution in [2.75, 3.05) is 11.9 Å². The largest absolute Gasteiger partial charge is 0.347 e. The predicted octanol–water partition coefficient (Wildman–Crippen LogP) is 10.2. The van der Waals surface area contributed by atoms with Crippen molar-refractivity contribution in [3.63, 3.8) is 0 Å². The molecule has 1 nitrogen and oxygen atoms in total. The summed E-state index contributed by atoms with van der Waals surface area (Å²) in [5.41, 5.74) is 12.1. The minimum absolute atomic E-state index is 0.122. The smallest absolute Gasteiger partial charge is 0.0448 e. The van der Waals surface area contributed by atoms with E-state index in [4.69, 9.17) is 0 Å². The second-order valence-electron chi connectivity index (χ2n) is 12.7. The van der Waals surface area contributed by atoms with Crippen molar-refractivity contribution in [3.8, 4) is 0 Å². The number of likely N-dealkylation sites (N-methyl/N-ethyl adjacent to an activating group) is 1. The molecule has 1 heterocycles. The summed E-state index contributed by atoms with van der Waals surface area (Å²) < 4.78 is 0. The minimum atomic E-state index is -0.127. The summed E-state index contributed by atoms with van der Waals surface area (Å²) in [7, 11) is 2.22. The van der Waals surface area contributed by atoms with Crippen LogP contribution in [0, 0.1) is 0 Å². The highest BCUT2D eigenvalue weighted by Crippen LogP contribution is 2.52. The molecule has 0 aromatic heterocycles. The number of fused-ring (bicyclic) bond motifs is 4. The first-order chi connectivity index (χ1) is 20.9. The quantitative estimate of drug-likeness (QED) is 0.201. The third-order valence-electron chi connectivity index (χ3n) is 10.0. The zero-order valence-electron chi connectivity index (χ0n) is 25.6. The summed E-state index contributed by atoms with van der Waals surface area (Å²) in [4.78, 5) is 2.39. The molecule has 0 radical (unpaired) electrons. The number of allylic oxidation sites excluding steroid dienone is 6. The average molecular weight is 558 g/mol. The van der Waals surface area contributed by atoms with Crippen LogP contribution < -0.4 is 4.90 Å². The van der Waals surface area contributed by atoms with Crippen molar-refractivity contribution in [1.82, 2.24) is 0 Å². The van der Waals surface area contributed by atoms with E-state index in [2.05, 4.69) is 172 Å². The molecule has 0 N–H and O–H groups in total. The fourth-order valence-corrected chi connectivity index (χ4v) is 7.92. The third kappa shape index (κ3) is 4.46. The van der Waals surface area contributed by atoms with Gasteiger partial charge in [-0.05, 0) is 88.6 Å². The lowest BCUT2D eigenvalue weighted by atomic mass is 9.73. The zero-order chi connectivity index (χ0) is 29.6. The Balaban J connectivity index is 1.34. The summed E-state index contributed by atoms with van der Waals surface area (Å²) in [6.07, 6.45) is 9.01. The number of para-hydroxylation sites is 1. The molecule has 2 unspecified atom stereocenters. The van der Waals surface area contributed by atoms with Crippen molar-refractivity contribution in [2.24, 2.45) is 0 Å². The maximum atomic E-state index is 2.44. The second-order valence-corrected chi connectivity index (χ2v) is 12.7. The van der Waals surface area contributed by atoms with Crippen LogP contribution in [0.4, 0.5) is 5.69 Å². The molecule has 0 spiro atoms. The highest BCUT2D eigenvalue weighted by molar-refractivity contribution is 5.99. The molecule has 43 heavy (non-hydrogen) atoms. The standard InChI is InChI=1S/C42H39N/c1-30-35(41(2,28-31-16-7-5-8-17-31)37-27-26-33-20-11-12-21-34(33)40(30)37)23-15-25-39-42(3,29-32-18-9-6-10-19-32)36-22-13-14-24-38(36)43(39)4/h5-27H,28-29H2,1-4H3/b23-15+,39-25+. The molecule has 1 heteroatoms. The lowest BCUT2D eigenvalue weighted by Gasteiger charge is -2.30. The van der Waals surface area contributed by atoms with Gasteiger partial charge in [-0.3, -0.25) is 0 Å². The first-order valence-corrected chi connectivity index (χ1v) is 15.4. The maximum absolute atomic E-state index is 2.44. The van der Waals surface area contributed by atoms with Gasteiger partial charge in [0.15, 0.2) is 0 Å². The Morgan fingerprint density at radius 1 is 0.628 bits per heavy atom. The van der Waals surface area contributed by atoms with Gasteiger partial charge in [0.25, 0.3) is 0 Å². The molecule has 1 aliphatic carbocycles. The Bertz CT molecular complexity index is 1910. The van der Waals surface area contributed by atoms with Crippen LogP contribution in [-0.4, -0.2) is 7.05 Å². The number of nitrogens with zero attached hydrogens (tertiary/aromatic N) is 1. The number of hydrogen-bond acceptors (Lipinski definition) is 1. The van der Waals surface area contributed by atoms with E-state index in [0.29, 0.717) is 0 Å². The molecule has 5 aromatic carbocycles. The topological polar surface area (TPSA) is 3.24 Å². The van der Waals surface area contributed by atoms with E-state index in [1.807, 2.05) is 0 Å². The van der Waals surface area contributed by atoms with Crippen LogP contribution >= 0.6 is 0 Å². The summed E-state index contributed by atoms with van der Waals surface area (Å²) in [6.45, 7) is 7.17. The Labute approximate surface area is 256 Å². The van der Waals surface area contributed by atoms with E-state index in [-0.39, 0.29) is 10.8 Å². The molecule has 0 saturated carbocycles. The van der Waals surface area contributed by atoms with Crippen LogP contribution in [0.2, 0.25) is 0 Å². The van der Waals surface area contributed by atoms with Gasteiger partial charge in [0, 0.05) is 29.3 Å². The lowest BCUT2D eigenvalue weighted by Crippen LogP contribution is -2.28. The minimum Gasteiger partial charge on any atom is -0.347 e. The summed E-state index contributed by atoms with van der Waals surface area (Å²) >= 11 is 0.